The van der Waals surface area contributed by atoms with Gasteiger partial charge in [0.15, 0.2) is 0 Å². The van der Waals surface area contributed by atoms with Crippen LogP contribution >= 0.6 is 11.6 Å². The number of nitriles is 1. The average molecular weight is 236 g/mol. The van der Waals surface area contributed by atoms with Crippen LogP contribution < -0.4 is 0 Å². The van der Waals surface area contributed by atoms with E-state index < -0.39 is 5.41 Å². The van der Waals surface area contributed by atoms with Crippen LogP contribution in [0, 0.1) is 11.3 Å². The van der Waals surface area contributed by atoms with Crippen molar-refractivity contribution in [2.45, 2.75) is 18.3 Å². The van der Waals surface area contributed by atoms with E-state index in [1.165, 1.54) is 0 Å². The van der Waals surface area contributed by atoms with Gasteiger partial charge in [-0.25, -0.2) is 4.98 Å². The molecule has 0 aliphatic carbocycles. The minimum Gasteiger partial charge on any atom is -0.306 e. The predicted molar refractivity (Wildman–Crippen MR) is 63.3 cm³/mol. The van der Waals surface area contributed by atoms with Gasteiger partial charge in [0.2, 0.25) is 0 Å². The molecule has 0 atom stereocenters. The maximum atomic E-state index is 9.42. The second-order valence-electron chi connectivity index (χ2n) is 4.34. The van der Waals surface area contributed by atoms with E-state index in [1.807, 2.05) is 12.1 Å². The molecule has 2 rings (SSSR count). The van der Waals surface area contributed by atoms with E-state index in [1.54, 1.807) is 6.07 Å². The van der Waals surface area contributed by atoms with Gasteiger partial charge < -0.3 is 4.90 Å². The van der Waals surface area contributed by atoms with E-state index in [-0.39, 0.29) is 0 Å². The van der Waals surface area contributed by atoms with Gasteiger partial charge in [-0.15, -0.1) is 0 Å². The Morgan fingerprint density at radius 1 is 1.44 bits per heavy atom. The van der Waals surface area contributed by atoms with Crippen molar-refractivity contribution in [2.24, 2.45) is 0 Å². The molecule has 16 heavy (non-hydrogen) atoms. The smallest absolute Gasteiger partial charge is 0.129 e. The van der Waals surface area contributed by atoms with Crippen molar-refractivity contribution in [1.82, 2.24) is 9.88 Å². The summed E-state index contributed by atoms with van der Waals surface area (Å²) in [6.07, 6.45) is 1.65. The van der Waals surface area contributed by atoms with Gasteiger partial charge in [-0.05, 0) is 45.1 Å². The van der Waals surface area contributed by atoms with E-state index >= 15 is 0 Å². The highest BCUT2D eigenvalue weighted by Crippen LogP contribution is 2.33. The standard InChI is InChI=1S/C12H14ClN3/c1-16-7-5-12(9-14,6-8-16)10-3-2-4-11(13)15-10/h2-4H,5-8H2,1H3. The molecule has 0 unspecified atom stereocenters. The summed E-state index contributed by atoms with van der Waals surface area (Å²) in [6, 6.07) is 7.94. The molecule has 0 spiro atoms. The summed E-state index contributed by atoms with van der Waals surface area (Å²) in [7, 11) is 2.08. The van der Waals surface area contributed by atoms with Gasteiger partial charge in [-0.2, -0.15) is 5.26 Å². The van der Waals surface area contributed by atoms with Crippen molar-refractivity contribution in [3.05, 3.63) is 29.0 Å². The number of hydrogen-bond acceptors (Lipinski definition) is 3. The Labute approximate surface area is 101 Å². The van der Waals surface area contributed by atoms with Crippen LogP contribution in [0.1, 0.15) is 18.5 Å². The number of hydrogen-bond donors (Lipinski definition) is 0. The Bertz CT molecular complexity index is 417. The topological polar surface area (TPSA) is 39.9 Å². The summed E-state index contributed by atoms with van der Waals surface area (Å²) in [4.78, 5) is 6.53. The van der Waals surface area contributed by atoms with Gasteiger partial charge in [0.1, 0.15) is 10.6 Å². The normalized spacial score (nSPS) is 20.3. The summed E-state index contributed by atoms with van der Waals surface area (Å²) in [5.74, 6) is 0. The van der Waals surface area contributed by atoms with Crippen LogP contribution in [0.4, 0.5) is 0 Å². The van der Waals surface area contributed by atoms with Crippen molar-refractivity contribution in [3.63, 3.8) is 0 Å². The number of pyridine rings is 1. The molecule has 3 nitrogen and oxygen atoms in total. The molecule has 0 amide bonds. The average Bonchev–Trinajstić information content (AvgIpc) is 2.31. The Morgan fingerprint density at radius 2 is 2.12 bits per heavy atom. The molecule has 1 aromatic heterocycles. The highest BCUT2D eigenvalue weighted by atomic mass is 35.5. The molecule has 0 bridgehead atoms. The highest BCUT2D eigenvalue weighted by molar-refractivity contribution is 6.29. The quantitative estimate of drug-likeness (QED) is 0.701. The number of piperidine rings is 1. The fourth-order valence-electron chi connectivity index (χ4n) is 2.10. The highest BCUT2D eigenvalue weighted by Gasteiger charge is 2.36. The van der Waals surface area contributed by atoms with Crippen molar-refractivity contribution in [3.8, 4) is 6.07 Å². The summed E-state index contributed by atoms with van der Waals surface area (Å²) in [5.41, 5.74) is 0.368. The molecule has 1 aliphatic heterocycles. The minimum absolute atomic E-state index is 0.447. The van der Waals surface area contributed by atoms with E-state index in [0.717, 1.165) is 31.6 Å². The molecular weight excluding hydrogens is 222 g/mol. The van der Waals surface area contributed by atoms with Crippen LogP contribution in [0.15, 0.2) is 18.2 Å². The van der Waals surface area contributed by atoms with Crippen molar-refractivity contribution in [1.29, 1.82) is 5.26 Å². The summed E-state index contributed by atoms with van der Waals surface area (Å²) in [5, 5.41) is 9.88. The molecule has 2 heterocycles. The van der Waals surface area contributed by atoms with Gasteiger partial charge in [0, 0.05) is 0 Å². The fourth-order valence-corrected chi connectivity index (χ4v) is 2.26. The molecule has 0 aromatic carbocycles. The first kappa shape index (κ1) is 11.4. The lowest BCUT2D eigenvalue weighted by atomic mass is 9.77. The summed E-state index contributed by atoms with van der Waals surface area (Å²) >= 11 is 5.88. The van der Waals surface area contributed by atoms with Crippen LogP contribution in [0.5, 0.6) is 0 Å². The van der Waals surface area contributed by atoms with Gasteiger partial charge >= 0.3 is 0 Å². The third kappa shape index (κ3) is 2.04. The first-order valence-corrected chi connectivity index (χ1v) is 5.77. The zero-order valence-corrected chi connectivity index (χ0v) is 10.0. The van der Waals surface area contributed by atoms with Crippen LogP contribution in [-0.4, -0.2) is 30.0 Å². The van der Waals surface area contributed by atoms with Crippen molar-refractivity contribution in [2.75, 3.05) is 20.1 Å². The third-order valence-corrected chi connectivity index (χ3v) is 3.47. The van der Waals surface area contributed by atoms with Gasteiger partial charge in [0.25, 0.3) is 0 Å². The van der Waals surface area contributed by atoms with E-state index in [2.05, 4.69) is 23.0 Å². The first-order valence-electron chi connectivity index (χ1n) is 5.39. The lowest BCUT2D eigenvalue weighted by Gasteiger charge is -2.34. The number of rotatable bonds is 1. The Balaban J connectivity index is 2.32. The first-order chi connectivity index (χ1) is 7.66. The number of nitrogens with zero attached hydrogens (tertiary/aromatic N) is 3. The van der Waals surface area contributed by atoms with Gasteiger partial charge in [0.05, 0.1) is 11.8 Å². The number of aromatic nitrogens is 1. The van der Waals surface area contributed by atoms with E-state index in [4.69, 9.17) is 11.6 Å². The largest absolute Gasteiger partial charge is 0.306 e. The number of halogens is 1. The molecule has 0 N–H and O–H groups in total. The monoisotopic (exact) mass is 235 g/mol. The van der Waals surface area contributed by atoms with E-state index in [9.17, 15) is 5.26 Å². The molecule has 84 valence electrons. The fraction of sp³-hybridized carbons (Fsp3) is 0.500. The lowest BCUT2D eigenvalue weighted by Crippen LogP contribution is -2.40. The van der Waals surface area contributed by atoms with Crippen molar-refractivity contribution >= 4 is 11.6 Å². The van der Waals surface area contributed by atoms with Crippen molar-refractivity contribution < 1.29 is 0 Å². The molecule has 1 fully saturated rings. The third-order valence-electron chi connectivity index (χ3n) is 3.26. The maximum Gasteiger partial charge on any atom is 0.129 e. The Hall–Kier alpha value is -1.11. The lowest BCUT2D eigenvalue weighted by molar-refractivity contribution is 0.219. The SMILES string of the molecule is CN1CCC(C#N)(c2cccc(Cl)n2)CC1. The molecule has 0 radical (unpaired) electrons. The summed E-state index contributed by atoms with van der Waals surface area (Å²) < 4.78 is 0. The van der Waals surface area contributed by atoms with Crippen LogP contribution in [0.2, 0.25) is 5.15 Å². The molecule has 0 saturated carbocycles. The Morgan fingerprint density at radius 3 is 2.69 bits per heavy atom. The zero-order chi connectivity index (χ0) is 11.6. The number of likely N-dealkylation sites (tertiary alicyclic amines) is 1. The van der Waals surface area contributed by atoms with Crippen LogP contribution in [0.3, 0.4) is 0 Å². The molecule has 1 saturated heterocycles. The van der Waals surface area contributed by atoms with E-state index in [0.29, 0.717) is 5.15 Å². The van der Waals surface area contributed by atoms with Gasteiger partial charge in [-0.3, -0.25) is 0 Å². The van der Waals surface area contributed by atoms with Crippen LogP contribution in [0.25, 0.3) is 0 Å². The minimum atomic E-state index is -0.447. The van der Waals surface area contributed by atoms with Crippen LogP contribution in [-0.2, 0) is 5.41 Å². The molecule has 1 aromatic rings. The second kappa shape index (κ2) is 4.40. The maximum absolute atomic E-state index is 9.42. The van der Waals surface area contributed by atoms with Gasteiger partial charge in [-0.1, -0.05) is 17.7 Å². The molecule has 1 aliphatic rings. The molecular formula is C12H14ClN3. The molecule has 4 heteroatoms. The predicted octanol–water partition coefficient (Wildman–Crippen LogP) is 2.22. The zero-order valence-electron chi connectivity index (χ0n) is 9.28. The second-order valence-corrected chi connectivity index (χ2v) is 4.73. The summed E-state index contributed by atoms with van der Waals surface area (Å²) in [6.45, 7) is 1.86. The Kier molecular flexibility index (Phi) is 3.13.